The topological polar surface area (TPSA) is 86.8 Å². The molecule has 36 heavy (non-hydrogen) atoms. The van der Waals surface area contributed by atoms with Crippen LogP contribution in [0.3, 0.4) is 0 Å². The first-order chi connectivity index (χ1) is 16.7. The molecule has 0 saturated carbocycles. The molecule has 2 rings (SSSR count). The summed E-state index contributed by atoms with van der Waals surface area (Å²) in [5.41, 5.74) is 0.259. The molecule has 1 atom stereocenters. The molecule has 2 aromatic carbocycles. The summed E-state index contributed by atoms with van der Waals surface area (Å²) in [6.07, 6.45) is 1.07. The van der Waals surface area contributed by atoms with Gasteiger partial charge in [-0.3, -0.25) is 13.9 Å². The van der Waals surface area contributed by atoms with Crippen LogP contribution in [0.5, 0.6) is 0 Å². The van der Waals surface area contributed by atoms with Crippen molar-refractivity contribution in [2.75, 3.05) is 23.7 Å². The molecule has 0 radical (unpaired) electrons. The summed E-state index contributed by atoms with van der Waals surface area (Å²) in [5.74, 6) is -3.41. The van der Waals surface area contributed by atoms with Crippen molar-refractivity contribution in [2.45, 2.75) is 39.8 Å². The summed E-state index contributed by atoms with van der Waals surface area (Å²) in [7, 11) is -4.08. The van der Waals surface area contributed by atoms with Gasteiger partial charge in [-0.2, -0.15) is 0 Å². The smallest absolute Gasteiger partial charge is 0.244 e. The quantitative estimate of drug-likeness (QED) is 0.432. The Morgan fingerprint density at radius 2 is 1.72 bits per heavy atom. The van der Waals surface area contributed by atoms with Crippen LogP contribution in [0.25, 0.3) is 0 Å². The van der Waals surface area contributed by atoms with Crippen molar-refractivity contribution in [3.05, 3.63) is 63.6 Å². The first-order valence-corrected chi connectivity index (χ1v) is 13.8. The first kappa shape index (κ1) is 29.8. The molecule has 0 heterocycles. The number of nitrogens with one attached hydrogen (secondary N) is 1. The fourth-order valence-electron chi connectivity index (χ4n) is 3.43. The van der Waals surface area contributed by atoms with E-state index in [0.29, 0.717) is 27.5 Å². The van der Waals surface area contributed by atoms with Crippen molar-refractivity contribution >= 4 is 50.7 Å². The van der Waals surface area contributed by atoms with Crippen LogP contribution in [0.15, 0.2) is 36.4 Å². The average Bonchev–Trinajstić information content (AvgIpc) is 2.78. The van der Waals surface area contributed by atoms with Gasteiger partial charge < -0.3 is 10.2 Å². The average molecular weight is 564 g/mol. The highest BCUT2D eigenvalue weighted by Crippen LogP contribution is 2.25. The molecule has 0 aliphatic heterocycles. The van der Waals surface area contributed by atoms with E-state index in [1.165, 1.54) is 11.0 Å². The highest BCUT2D eigenvalue weighted by atomic mass is 35.5. The molecule has 2 amide bonds. The second kappa shape index (κ2) is 12.7. The monoisotopic (exact) mass is 563 g/mol. The Balaban J connectivity index is 2.48. The molecule has 0 aliphatic carbocycles. The predicted molar refractivity (Wildman–Crippen MR) is 137 cm³/mol. The zero-order valence-electron chi connectivity index (χ0n) is 20.4. The zero-order chi connectivity index (χ0) is 27.2. The van der Waals surface area contributed by atoms with Crippen LogP contribution in [0.2, 0.25) is 10.0 Å². The van der Waals surface area contributed by atoms with Crippen molar-refractivity contribution in [1.29, 1.82) is 0 Å². The normalized spacial score (nSPS) is 12.4. The lowest BCUT2D eigenvalue weighted by molar-refractivity contribution is -0.140. The van der Waals surface area contributed by atoms with E-state index in [2.05, 4.69) is 5.32 Å². The van der Waals surface area contributed by atoms with Gasteiger partial charge in [-0.05, 0) is 42.2 Å². The summed E-state index contributed by atoms with van der Waals surface area (Å²) < 4.78 is 53.0. The number of hydrogen-bond acceptors (Lipinski definition) is 4. The summed E-state index contributed by atoms with van der Waals surface area (Å²) in [6, 6.07) is 6.24. The van der Waals surface area contributed by atoms with E-state index in [0.717, 1.165) is 18.4 Å². The molecule has 0 bridgehead atoms. The second-order valence-electron chi connectivity index (χ2n) is 8.69. The Morgan fingerprint density at radius 1 is 1.06 bits per heavy atom. The molecule has 0 aliphatic rings. The van der Waals surface area contributed by atoms with Crippen LogP contribution in [-0.2, 0) is 26.2 Å². The van der Waals surface area contributed by atoms with Crippen molar-refractivity contribution in [3.63, 3.8) is 0 Å². The number of anilines is 1. The summed E-state index contributed by atoms with van der Waals surface area (Å²) in [5, 5.41) is 3.44. The second-order valence-corrected chi connectivity index (χ2v) is 11.4. The highest BCUT2D eigenvalue weighted by molar-refractivity contribution is 7.92. The standard InChI is InChI=1S/C24H29Cl2F2N3O4S/c1-5-22(24(33)29-12-15(2)3)30(13-16-6-7-17(25)10-19(16)26)23(32)14-31(36(4,34)35)18-8-9-20(27)21(28)11-18/h6-11,15,22H,5,12-14H2,1-4H3,(H,29,33)/t22-/m0/s1. The summed E-state index contributed by atoms with van der Waals surface area (Å²) in [4.78, 5) is 27.8. The number of benzene rings is 2. The Morgan fingerprint density at radius 3 is 2.25 bits per heavy atom. The molecule has 0 aromatic heterocycles. The summed E-state index contributed by atoms with van der Waals surface area (Å²) >= 11 is 12.3. The van der Waals surface area contributed by atoms with Crippen molar-refractivity contribution in [3.8, 4) is 0 Å². The number of halogens is 4. The minimum Gasteiger partial charge on any atom is -0.354 e. The van der Waals surface area contributed by atoms with Gasteiger partial charge in [0.2, 0.25) is 21.8 Å². The highest BCUT2D eigenvalue weighted by Gasteiger charge is 2.32. The van der Waals surface area contributed by atoms with Gasteiger partial charge in [0.1, 0.15) is 12.6 Å². The molecule has 198 valence electrons. The largest absolute Gasteiger partial charge is 0.354 e. The molecular weight excluding hydrogens is 535 g/mol. The third-order valence-corrected chi connectivity index (χ3v) is 7.02. The van der Waals surface area contributed by atoms with E-state index in [1.54, 1.807) is 19.1 Å². The summed E-state index contributed by atoms with van der Waals surface area (Å²) in [6.45, 7) is 5.07. The lowest BCUT2D eigenvalue weighted by Crippen LogP contribution is -2.52. The SMILES string of the molecule is CC[C@@H](C(=O)NCC(C)C)N(Cc1ccc(Cl)cc1Cl)C(=O)CN(c1ccc(F)c(F)c1)S(C)(=O)=O. The number of amides is 2. The van der Waals surface area contributed by atoms with Gasteiger partial charge in [0, 0.05) is 29.2 Å². The van der Waals surface area contributed by atoms with E-state index < -0.39 is 46.1 Å². The van der Waals surface area contributed by atoms with Crippen molar-refractivity contribution in [2.24, 2.45) is 5.92 Å². The van der Waals surface area contributed by atoms with Crippen LogP contribution < -0.4 is 9.62 Å². The third kappa shape index (κ3) is 8.04. The van der Waals surface area contributed by atoms with Crippen LogP contribution >= 0.6 is 23.2 Å². The number of hydrogen-bond donors (Lipinski definition) is 1. The number of rotatable bonds is 11. The maximum absolute atomic E-state index is 13.9. The van der Waals surface area contributed by atoms with Gasteiger partial charge in [0.15, 0.2) is 11.6 Å². The molecule has 0 unspecified atom stereocenters. The Hall–Kier alpha value is -2.43. The molecule has 0 fully saturated rings. The lowest BCUT2D eigenvalue weighted by Gasteiger charge is -2.33. The maximum Gasteiger partial charge on any atom is 0.244 e. The predicted octanol–water partition coefficient (Wildman–Crippen LogP) is 4.62. The fourth-order valence-corrected chi connectivity index (χ4v) is 4.74. The zero-order valence-corrected chi connectivity index (χ0v) is 22.7. The molecule has 0 saturated heterocycles. The van der Waals surface area contributed by atoms with Crippen LogP contribution in [0.1, 0.15) is 32.8 Å². The first-order valence-electron chi connectivity index (χ1n) is 11.2. The fraction of sp³-hybridized carbons (Fsp3) is 0.417. The molecule has 0 spiro atoms. The van der Waals surface area contributed by atoms with Crippen molar-refractivity contribution in [1.82, 2.24) is 10.2 Å². The number of nitrogens with zero attached hydrogens (tertiary/aromatic N) is 2. The van der Waals surface area contributed by atoms with Gasteiger partial charge in [-0.1, -0.05) is 50.0 Å². The minimum absolute atomic E-state index is 0.113. The van der Waals surface area contributed by atoms with E-state index in [4.69, 9.17) is 23.2 Å². The Kier molecular flexibility index (Phi) is 10.5. The van der Waals surface area contributed by atoms with Gasteiger partial charge in [0.05, 0.1) is 11.9 Å². The van der Waals surface area contributed by atoms with Crippen LogP contribution in [-0.4, -0.2) is 50.5 Å². The third-order valence-electron chi connectivity index (χ3n) is 5.30. The maximum atomic E-state index is 13.9. The van der Waals surface area contributed by atoms with Crippen LogP contribution in [0, 0.1) is 17.6 Å². The minimum atomic E-state index is -4.08. The Labute approximate surface area is 220 Å². The van der Waals surface area contributed by atoms with Crippen LogP contribution in [0.4, 0.5) is 14.5 Å². The molecule has 7 nitrogen and oxygen atoms in total. The van der Waals surface area contributed by atoms with E-state index >= 15 is 0 Å². The number of carbonyl (C=O) groups is 2. The number of sulfonamides is 1. The van der Waals surface area contributed by atoms with Gasteiger partial charge >= 0.3 is 0 Å². The molecule has 1 N–H and O–H groups in total. The van der Waals surface area contributed by atoms with Gasteiger partial charge in [-0.15, -0.1) is 0 Å². The Bertz CT molecular complexity index is 1210. The van der Waals surface area contributed by atoms with Gasteiger partial charge in [0.25, 0.3) is 0 Å². The number of carbonyl (C=O) groups excluding carboxylic acids is 2. The lowest BCUT2D eigenvalue weighted by atomic mass is 10.1. The van der Waals surface area contributed by atoms with Crippen molar-refractivity contribution < 1.29 is 26.8 Å². The van der Waals surface area contributed by atoms with E-state index in [1.807, 2.05) is 13.8 Å². The molecule has 2 aromatic rings. The van der Waals surface area contributed by atoms with E-state index in [-0.39, 0.29) is 29.6 Å². The molecule has 12 heteroatoms. The molecular formula is C24H29Cl2F2N3O4S. The van der Waals surface area contributed by atoms with Gasteiger partial charge in [-0.25, -0.2) is 17.2 Å². The van der Waals surface area contributed by atoms with E-state index in [9.17, 15) is 26.8 Å².